The normalized spacial score (nSPS) is 10.1. The van der Waals surface area contributed by atoms with Crippen molar-refractivity contribution in [2.24, 2.45) is 0 Å². The zero-order valence-electron chi connectivity index (χ0n) is 18.5. The van der Waals surface area contributed by atoms with E-state index in [0.717, 1.165) is 0 Å². The fourth-order valence-electron chi connectivity index (χ4n) is 2.69. The number of nitrogens with one attached hydrogen (secondary N) is 3. The van der Waals surface area contributed by atoms with Crippen LogP contribution in [0.2, 0.25) is 0 Å². The number of carbonyl (C=O) groups excluding carboxylic acids is 3. The maximum atomic E-state index is 12.4. The second kappa shape index (κ2) is 12.8. The lowest BCUT2D eigenvalue weighted by Crippen LogP contribution is -2.32. The van der Waals surface area contributed by atoms with Gasteiger partial charge in [0, 0.05) is 17.8 Å². The van der Waals surface area contributed by atoms with Crippen molar-refractivity contribution in [1.29, 1.82) is 0 Å². The SMILES string of the molecule is CCNC(=O)COc1ccc(NC(=O)CNC(=O)c2ccc(OCC)c(OCC)c2)cc1. The molecular formula is C23H29N3O6. The van der Waals surface area contributed by atoms with Gasteiger partial charge in [-0.05, 0) is 63.2 Å². The lowest BCUT2D eigenvalue weighted by molar-refractivity contribution is -0.123. The molecule has 0 bridgehead atoms. The summed E-state index contributed by atoms with van der Waals surface area (Å²) in [7, 11) is 0. The topological polar surface area (TPSA) is 115 Å². The Labute approximate surface area is 187 Å². The summed E-state index contributed by atoms with van der Waals surface area (Å²) >= 11 is 0. The lowest BCUT2D eigenvalue weighted by atomic mass is 10.2. The monoisotopic (exact) mass is 443 g/mol. The molecular weight excluding hydrogens is 414 g/mol. The Balaban J connectivity index is 1.85. The molecule has 3 N–H and O–H groups in total. The summed E-state index contributed by atoms with van der Waals surface area (Å²) in [6.07, 6.45) is 0. The molecule has 0 atom stereocenters. The molecule has 32 heavy (non-hydrogen) atoms. The molecule has 172 valence electrons. The van der Waals surface area contributed by atoms with Crippen LogP contribution in [-0.4, -0.2) is 50.6 Å². The molecule has 2 aromatic carbocycles. The first-order valence-corrected chi connectivity index (χ1v) is 10.4. The predicted octanol–water partition coefficient (Wildman–Crippen LogP) is 2.37. The van der Waals surface area contributed by atoms with E-state index in [-0.39, 0.29) is 25.0 Å². The Morgan fingerprint density at radius 3 is 2.12 bits per heavy atom. The van der Waals surface area contributed by atoms with Crippen LogP contribution in [0.15, 0.2) is 42.5 Å². The van der Waals surface area contributed by atoms with Crippen LogP contribution in [0, 0.1) is 0 Å². The molecule has 3 amide bonds. The van der Waals surface area contributed by atoms with Crippen LogP contribution in [0.5, 0.6) is 17.2 Å². The average molecular weight is 444 g/mol. The fraction of sp³-hybridized carbons (Fsp3) is 0.348. The van der Waals surface area contributed by atoms with Crippen molar-refractivity contribution in [3.63, 3.8) is 0 Å². The molecule has 0 saturated heterocycles. The average Bonchev–Trinajstić information content (AvgIpc) is 2.78. The highest BCUT2D eigenvalue weighted by molar-refractivity contribution is 5.99. The number of amides is 3. The molecule has 9 heteroatoms. The molecule has 0 radical (unpaired) electrons. The first kappa shape index (κ1) is 24.5. The van der Waals surface area contributed by atoms with Gasteiger partial charge in [-0.2, -0.15) is 0 Å². The van der Waals surface area contributed by atoms with Gasteiger partial charge in [0.25, 0.3) is 11.8 Å². The number of carbonyl (C=O) groups is 3. The van der Waals surface area contributed by atoms with Crippen LogP contribution in [0.4, 0.5) is 5.69 Å². The second-order valence-electron chi connectivity index (χ2n) is 6.52. The highest BCUT2D eigenvalue weighted by Crippen LogP contribution is 2.28. The van der Waals surface area contributed by atoms with E-state index in [1.807, 2.05) is 20.8 Å². The smallest absolute Gasteiger partial charge is 0.257 e. The van der Waals surface area contributed by atoms with Crippen molar-refractivity contribution in [3.05, 3.63) is 48.0 Å². The Morgan fingerprint density at radius 2 is 1.47 bits per heavy atom. The quantitative estimate of drug-likeness (QED) is 0.464. The molecule has 0 heterocycles. The van der Waals surface area contributed by atoms with E-state index in [0.29, 0.717) is 48.3 Å². The van der Waals surface area contributed by atoms with E-state index in [2.05, 4.69) is 16.0 Å². The van der Waals surface area contributed by atoms with Gasteiger partial charge >= 0.3 is 0 Å². The maximum Gasteiger partial charge on any atom is 0.257 e. The van der Waals surface area contributed by atoms with E-state index in [4.69, 9.17) is 14.2 Å². The van der Waals surface area contributed by atoms with E-state index >= 15 is 0 Å². The van der Waals surface area contributed by atoms with Crippen LogP contribution in [0.1, 0.15) is 31.1 Å². The van der Waals surface area contributed by atoms with Gasteiger partial charge in [-0.1, -0.05) is 0 Å². The third kappa shape index (κ3) is 7.82. The molecule has 0 unspecified atom stereocenters. The Kier molecular flexibility index (Phi) is 9.83. The highest BCUT2D eigenvalue weighted by atomic mass is 16.5. The number of ether oxygens (including phenoxy) is 3. The lowest BCUT2D eigenvalue weighted by Gasteiger charge is -2.12. The second-order valence-corrected chi connectivity index (χ2v) is 6.52. The highest BCUT2D eigenvalue weighted by Gasteiger charge is 2.13. The van der Waals surface area contributed by atoms with Crippen molar-refractivity contribution in [1.82, 2.24) is 10.6 Å². The van der Waals surface area contributed by atoms with Gasteiger partial charge in [0.15, 0.2) is 18.1 Å². The van der Waals surface area contributed by atoms with Crippen molar-refractivity contribution >= 4 is 23.4 Å². The van der Waals surface area contributed by atoms with Crippen LogP contribution < -0.4 is 30.2 Å². The van der Waals surface area contributed by atoms with E-state index in [9.17, 15) is 14.4 Å². The molecule has 2 rings (SSSR count). The fourth-order valence-corrected chi connectivity index (χ4v) is 2.69. The molecule has 0 aromatic heterocycles. The van der Waals surface area contributed by atoms with Crippen molar-refractivity contribution < 1.29 is 28.6 Å². The van der Waals surface area contributed by atoms with E-state index in [1.54, 1.807) is 42.5 Å². The van der Waals surface area contributed by atoms with E-state index in [1.165, 1.54) is 0 Å². The largest absolute Gasteiger partial charge is 0.490 e. The minimum Gasteiger partial charge on any atom is -0.490 e. The number of rotatable bonds is 12. The Morgan fingerprint density at radius 1 is 0.781 bits per heavy atom. The van der Waals surface area contributed by atoms with Crippen LogP contribution in [0.3, 0.4) is 0 Å². The molecule has 9 nitrogen and oxygen atoms in total. The summed E-state index contributed by atoms with van der Waals surface area (Å²) in [5.41, 5.74) is 0.896. The summed E-state index contributed by atoms with van der Waals surface area (Å²) in [5, 5.41) is 7.90. The third-order valence-electron chi connectivity index (χ3n) is 4.10. The van der Waals surface area contributed by atoms with Gasteiger partial charge in [0.2, 0.25) is 5.91 Å². The van der Waals surface area contributed by atoms with Crippen LogP contribution >= 0.6 is 0 Å². The maximum absolute atomic E-state index is 12.4. The van der Waals surface area contributed by atoms with Gasteiger partial charge < -0.3 is 30.2 Å². The molecule has 0 saturated carbocycles. The first-order chi connectivity index (χ1) is 15.5. The summed E-state index contributed by atoms with van der Waals surface area (Å²) < 4.78 is 16.4. The summed E-state index contributed by atoms with van der Waals surface area (Å²) in [5.74, 6) is 0.538. The third-order valence-corrected chi connectivity index (χ3v) is 4.10. The minimum absolute atomic E-state index is 0.0812. The minimum atomic E-state index is -0.404. The number of benzene rings is 2. The zero-order valence-corrected chi connectivity index (χ0v) is 18.5. The zero-order chi connectivity index (χ0) is 23.3. The molecule has 0 aliphatic heterocycles. The predicted molar refractivity (Wildman–Crippen MR) is 120 cm³/mol. The molecule has 0 aliphatic rings. The Hall–Kier alpha value is -3.75. The standard InChI is InChI=1S/C23H29N3O6/c1-4-24-22(28)15-32-18-10-8-17(9-11-18)26-21(27)14-25-23(29)16-7-12-19(30-5-2)20(13-16)31-6-3/h7-13H,4-6,14-15H2,1-3H3,(H,24,28)(H,25,29)(H,26,27). The summed E-state index contributed by atoms with van der Waals surface area (Å²) in [6.45, 7) is 6.70. The molecule has 0 spiro atoms. The van der Waals surface area contributed by atoms with Crippen molar-refractivity contribution in [2.75, 3.05) is 38.2 Å². The number of hydrogen-bond donors (Lipinski definition) is 3. The van der Waals surface area contributed by atoms with Gasteiger partial charge in [-0.3, -0.25) is 14.4 Å². The summed E-state index contributed by atoms with van der Waals surface area (Å²) in [6, 6.07) is 11.4. The molecule has 0 aliphatic carbocycles. The van der Waals surface area contributed by atoms with Gasteiger partial charge in [-0.25, -0.2) is 0 Å². The molecule has 0 fully saturated rings. The Bertz CT molecular complexity index is 914. The summed E-state index contributed by atoms with van der Waals surface area (Å²) in [4.78, 5) is 36.0. The number of hydrogen-bond acceptors (Lipinski definition) is 6. The number of anilines is 1. The first-order valence-electron chi connectivity index (χ1n) is 10.4. The van der Waals surface area contributed by atoms with Gasteiger partial charge in [0.1, 0.15) is 5.75 Å². The van der Waals surface area contributed by atoms with Gasteiger partial charge in [0.05, 0.1) is 19.8 Å². The molecule has 2 aromatic rings. The van der Waals surface area contributed by atoms with Crippen LogP contribution in [0.25, 0.3) is 0 Å². The number of likely N-dealkylation sites (N-methyl/N-ethyl adjacent to an activating group) is 1. The van der Waals surface area contributed by atoms with Gasteiger partial charge in [-0.15, -0.1) is 0 Å². The van der Waals surface area contributed by atoms with Crippen molar-refractivity contribution in [3.8, 4) is 17.2 Å². The van der Waals surface area contributed by atoms with Crippen molar-refractivity contribution in [2.45, 2.75) is 20.8 Å². The van der Waals surface area contributed by atoms with Crippen LogP contribution in [-0.2, 0) is 9.59 Å². The van der Waals surface area contributed by atoms with E-state index < -0.39 is 5.91 Å².